The average Bonchev–Trinajstić information content (AvgIpc) is 2.44. The van der Waals surface area contributed by atoms with Gasteiger partial charge in [0.15, 0.2) is 11.6 Å². The fourth-order valence-electron chi connectivity index (χ4n) is 2.18. The molecule has 0 spiro atoms. The van der Waals surface area contributed by atoms with Gasteiger partial charge in [0, 0.05) is 5.56 Å². The van der Waals surface area contributed by atoms with E-state index in [9.17, 15) is 9.50 Å². The molecule has 0 aliphatic heterocycles. The lowest BCUT2D eigenvalue weighted by molar-refractivity contribution is 0.433. The Bertz CT molecular complexity index is 869. The molecule has 0 saturated heterocycles. The van der Waals surface area contributed by atoms with Gasteiger partial charge in [0.25, 0.3) is 0 Å². The molecule has 106 valence electrons. The van der Waals surface area contributed by atoms with Crippen LogP contribution in [0.4, 0.5) is 10.3 Å². The van der Waals surface area contributed by atoms with E-state index < -0.39 is 11.6 Å². The Labute approximate surface area is 124 Å². The average molecular weight is 305 g/mol. The number of aromatic nitrogens is 3. The van der Waals surface area contributed by atoms with Gasteiger partial charge in [0.05, 0.1) is 10.5 Å². The second kappa shape index (κ2) is 4.82. The van der Waals surface area contributed by atoms with E-state index in [2.05, 4.69) is 15.2 Å². The van der Waals surface area contributed by atoms with Crippen molar-refractivity contribution >= 4 is 28.6 Å². The van der Waals surface area contributed by atoms with Gasteiger partial charge in [-0.2, -0.15) is 0 Å². The van der Waals surface area contributed by atoms with Gasteiger partial charge in [-0.05, 0) is 42.3 Å². The molecular formula is C14H10ClFN4O. The number of halogens is 2. The van der Waals surface area contributed by atoms with Gasteiger partial charge in [0.1, 0.15) is 5.52 Å². The zero-order valence-corrected chi connectivity index (χ0v) is 11.7. The molecule has 0 bridgehead atoms. The number of aryl methyl sites for hydroxylation is 1. The highest BCUT2D eigenvalue weighted by Crippen LogP contribution is 2.36. The predicted molar refractivity (Wildman–Crippen MR) is 78.6 cm³/mol. The molecule has 3 aromatic rings. The first kappa shape index (κ1) is 13.5. The van der Waals surface area contributed by atoms with Gasteiger partial charge in [0.2, 0.25) is 5.95 Å². The monoisotopic (exact) mass is 304 g/mol. The lowest BCUT2D eigenvalue weighted by Gasteiger charge is -2.10. The summed E-state index contributed by atoms with van der Waals surface area (Å²) in [5.41, 5.74) is 7.92. The number of fused-ring (bicyclic) bond motifs is 1. The second-order valence-corrected chi connectivity index (χ2v) is 4.99. The van der Waals surface area contributed by atoms with E-state index in [0.29, 0.717) is 16.6 Å². The molecule has 2 aromatic carbocycles. The summed E-state index contributed by atoms with van der Waals surface area (Å²) in [5.74, 6) is -1.17. The van der Waals surface area contributed by atoms with Crippen LogP contribution in [0.15, 0.2) is 24.3 Å². The fraction of sp³-hybridized carbons (Fsp3) is 0.0714. The van der Waals surface area contributed by atoms with Crippen molar-refractivity contribution in [2.75, 3.05) is 5.73 Å². The normalized spacial score (nSPS) is 11.0. The minimum Gasteiger partial charge on any atom is -0.505 e. The number of rotatable bonds is 1. The molecule has 21 heavy (non-hydrogen) atoms. The molecule has 0 saturated carbocycles. The Morgan fingerprint density at radius 1 is 1.24 bits per heavy atom. The lowest BCUT2D eigenvalue weighted by Crippen LogP contribution is -1.99. The maximum Gasteiger partial charge on any atom is 0.240 e. The number of aromatic hydroxyl groups is 1. The number of hydrogen-bond donors (Lipinski definition) is 2. The highest BCUT2D eigenvalue weighted by atomic mass is 35.5. The van der Waals surface area contributed by atoms with E-state index in [1.54, 1.807) is 19.1 Å². The fourth-order valence-corrected chi connectivity index (χ4v) is 2.43. The first-order chi connectivity index (χ1) is 9.97. The van der Waals surface area contributed by atoms with Crippen LogP contribution in [0, 0.1) is 12.7 Å². The van der Waals surface area contributed by atoms with Crippen molar-refractivity contribution in [1.82, 2.24) is 15.2 Å². The van der Waals surface area contributed by atoms with Crippen molar-refractivity contribution in [2.45, 2.75) is 6.92 Å². The maximum absolute atomic E-state index is 14.1. The molecule has 0 amide bonds. The summed E-state index contributed by atoms with van der Waals surface area (Å²) in [4.78, 5) is 4.10. The number of anilines is 1. The number of phenols is 1. The summed E-state index contributed by atoms with van der Waals surface area (Å²) < 4.78 is 14.1. The Morgan fingerprint density at radius 2 is 2.00 bits per heavy atom. The molecular weight excluding hydrogens is 295 g/mol. The molecule has 1 heterocycles. The van der Waals surface area contributed by atoms with Crippen molar-refractivity contribution in [3.63, 3.8) is 0 Å². The van der Waals surface area contributed by atoms with Gasteiger partial charge in [-0.1, -0.05) is 11.6 Å². The molecule has 0 unspecified atom stereocenters. The Balaban J connectivity index is 2.32. The number of nitrogens with zero attached hydrogens (tertiary/aromatic N) is 3. The third-order valence-electron chi connectivity index (χ3n) is 3.13. The molecule has 3 N–H and O–H groups in total. The third kappa shape index (κ3) is 2.23. The van der Waals surface area contributed by atoms with Crippen LogP contribution in [0.3, 0.4) is 0 Å². The van der Waals surface area contributed by atoms with E-state index in [-0.39, 0.29) is 16.5 Å². The number of phenolic OH excluding ortho intramolecular Hbond substituents is 1. The molecule has 5 nitrogen and oxygen atoms in total. The van der Waals surface area contributed by atoms with Gasteiger partial charge in [-0.15, -0.1) is 10.2 Å². The molecule has 0 aliphatic rings. The van der Waals surface area contributed by atoms with Crippen LogP contribution in [0.5, 0.6) is 5.75 Å². The van der Waals surface area contributed by atoms with Crippen molar-refractivity contribution in [3.05, 3.63) is 40.7 Å². The molecule has 3 rings (SSSR count). The first-order valence-electron chi connectivity index (χ1n) is 6.05. The smallest absolute Gasteiger partial charge is 0.240 e. The highest BCUT2D eigenvalue weighted by Gasteiger charge is 2.16. The molecule has 0 radical (unpaired) electrons. The van der Waals surface area contributed by atoms with Crippen molar-refractivity contribution < 1.29 is 9.50 Å². The summed E-state index contributed by atoms with van der Waals surface area (Å²) in [6.07, 6.45) is 0. The third-order valence-corrected chi connectivity index (χ3v) is 3.44. The van der Waals surface area contributed by atoms with Gasteiger partial charge < -0.3 is 10.8 Å². The number of nitrogen functional groups attached to an aromatic ring is 1. The van der Waals surface area contributed by atoms with Crippen molar-refractivity contribution in [3.8, 4) is 16.9 Å². The lowest BCUT2D eigenvalue weighted by atomic mass is 10.0. The topological polar surface area (TPSA) is 84.9 Å². The standard InChI is InChI=1S/C14H10ClFN4O/c1-6-4-7(5-9-13(6)18-14(17)20-19-9)11-8(15)2-3-10(21)12(11)16/h2-5,21H,1H3,(H2,17,18,20). The first-order valence-corrected chi connectivity index (χ1v) is 6.43. The van der Waals surface area contributed by atoms with E-state index in [4.69, 9.17) is 17.3 Å². The van der Waals surface area contributed by atoms with E-state index >= 15 is 0 Å². The quantitative estimate of drug-likeness (QED) is 0.721. The molecule has 0 fully saturated rings. The van der Waals surface area contributed by atoms with Crippen LogP contribution in [-0.2, 0) is 0 Å². The molecule has 0 aliphatic carbocycles. The number of nitrogens with two attached hydrogens (primary N) is 1. The van der Waals surface area contributed by atoms with Crippen LogP contribution in [0.2, 0.25) is 5.02 Å². The number of benzene rings is 2. The van der Waals surface area contributed by atoms with Crippen LogP contribution in [0.25, 0.3) is 22.2 Å². The van der Waals surface area contributed by atoms with Crippen LogP contribution < -0.4 is 5.73 Å². The summed E-state index contributed by atoms with van der Waals surface area (Å²) in [6.45, 7) is 1.80. The molecule has 7 heteroatoms. The van der Waals surface area contributed by atoms with Crippen LogP contribution in [-0.4, -0.2) is 20.3 Å². The molecule has 1 aromatic heterocycles. The van der Waals surface area contributed by atoms with E-state index in [1.165, 1.54) is 12.1 Å². The van der Waals surface area contributed by atoms with Gasteiger partial charge >= 0.3 is 0 Å². The summed E-state index contributed by atoms with van der Waals surface area (Å²) >= 11 is 6.04. The Morgan fingerprint density at radius 3 is 2.76 bits per heavy atom. The van der Waals surface area contributed by atoms with E-state index in [1.807, 2.05) is 0 Å². The Kier molecular flexibility index (Phi) is 3.10. The summed E-state index contributed by atoms with van der Waals surface area (Å²) in [7, 11) is 0. The Hall–Kier alpha value is -2.47. The maximum atomic E-state index is 14.1. The highest BCUT2D eigenvalue weighted by molar-refractivity contribution is 6.33. The zero-order valence-electron chi connectivity index (χ0n) is 10.9. The van der Waals surface area contributed by atoms with Crippen LogP contribution >= 0.6 is 11.6 Å². The second-order valence-electron chi connectivity index (χ2n) is 4.59. The summed E-state index contributed by atoms with van der Waals surface area (Å²) in [6, 6.07) is 5.95. The minimum atomic E-state index is -0.780. The zero-order chi connectivity index (χ0) is 15.1. The van der Waals surface area contributed by atoms with Crippen molar-refractivity contribution in [2.24, 2.45) is 0 Å². The van der Waals surface area contributed by atoms with Gasteiger partial charge in [-0.25, -0.2) is 9.37 Å². The molecule has 0 atom stereocenters. The van der Waals surface area contributed by atoms with Crippen molar-refractivity contribution in [1.29, 1.82) is 0 Å². The minimum absolute atomic E-state index is 0.0694. The summed E-state index contributed by atoms with van der Waals surface area (Å²) in [5, 5.41) is 17.3. The van der Waals surface area contributed by atoms with Crippen LogP contribution in [0.1, 0.15) is 5.56 Å². The van der Waals surface area contributed by atoms with Gasteiger partial charge in [-0.3, -0.25) is 0 Å². The predicted octanol–water partition coefficient (Wildman–Crippen LogP) is 3.08. The number of hydrogen-bond acceptors (Lipinski definition) is 5. The SMILES string of the molecule is Cc1cc(-c2c(Cl)ccc(O)c2F)cc2nnc(N)nc12. The largest absolute Gasteiger partial charge is 0.505 e. The van der Waals surface area contributed by atoms with E-state index in [0.717, 1.165) is 5.56 Å².